The van der Waals surface area contributed by atoms with Gasteiger partial charge in [-0.3, -0.25) is 0 Å². The Hall–Kier alpha value is -3.04. The van der Waals surface area contributed by atoms with E-state index in [-0.39, 0.29) is 0 Å². The molecule has 0 spiro atoms. The van der Waals surface area contributed by atoms with Crippen molar-refractivity contribution in [2.45, 2.75) is 38.4 Å². The molecule has 1 unspecified atom stereocenters. The molecule has 3 atom stereocenters. The lowest BCUT2D eigenvalue weighted by molar-refractivity contribution is 0.559. The highest BCUT2D eigenvalue weighted by Gasteiger charge is 2.50. The zero-order chi connectivity index (χ0) is 22.6. The molecule has 33 heavy (non-hydrogen) atoms. The van der Waals surface area contributed by atoms with E-state index in [1.54, 1.807) is 0 Å². The first kappa shape index (κ1) is 20.6. The highest BCUT2D eigenvalue weighted by Crippen LogP contribution is 2.57. The molecule has 0 radical (unpaired) electrons. The minimum Gasteiger partial charge on any atom is -0.366 e. The van der Waals surface area contributed by atoms with Crippen molar-refractivity contribution in [3.8, 4) is 0 Å². The monoisotopic (exact) mass is 448 g/mol. The van der Waals surface area contributed by atoms with Gasteiger partial charge in [-0.15, -0.1) is 0 Å². The van der Waals surface area contributed by atoms with Gasteiger partial charge in [-0.2, -0.15) is 0 Å². The maximum atomic E-state index is 3.68. The molecule has 0 bridgehead atoms. The molecule has 1 N–H and O–H groups in total. The van der Waals surface area contributed by atoms with Gasteiger partial charge in [0.25, 0.3) is 0 Å². The van der Waals surface area contributed by atoms with Crippen LogP contribution < -0.4 is 9.88 Å². The Morgan fingerprint density at radius 1 is 0.818 bits per heavy atom. The standard InChI is InChI=1S/C30H32N2Si/c1-21-15-17-22(18-16-21)23-9-8-10-25-24(23)19-20-30(25)33(2,3)32-28-13-6-4-11-26(28)31-27-12-5-7-14-29(27)32/h4-18,24-25,30-31H,19-20H2,1-3H3/t24-,25+,30?/m1/s1. The summed E-state index contributed by atoms with van der Waals surface area (Å²) in [6.07, 6.45) is 9.81. The minimum atomic E-state index is -1.90. The van der Waals surface area contributed by atoms with Gasteiger partial charge < -0.3 is 9.88 Å². The second-order valence-corrected chi connectivity index (χ2v) is 14.9. The Bertz CT molecular complexity index is 1210. The average Bonchev–Trinajstić information content (AvgIpc) is 3.28. The molecule has 3 aromatic rings. The van der Waals surface area contributed by atoms with E-state index in [4.69, 9.17) is 0 Å². The Balaban J connectivity index is 1.39. The van der Waals surface area contributed by atoms with Gasteiger partial charge in [0.15, 0.2) is 8.24 Å². The number of allylic oxidation sites excluding steroid dienone is 4. The second kappa shape index (κ2) is 7.77. The van der Waals surface area contributed by atoms with Crippen LogP contribution in [0.5, 0.6) is 0 Å². The smallest absolute Gasteiger partial charge is 0.160 e. The summed E-state index contributed by atoms with van der Waals surface area (Å²) in [5, 5.41) is 3.68. The fraction of sp³-hybridized carbons (Fsp3) is 0.267. The maximum absolute atomic E-state index is 3.68. The van der Waals surface area contributed by atoms with Crippen molar-refractivity contribution in [1.82, 2.24) is 0 Å². The molecule has 0 amide bonds. The molecule has 1 aliphatic heterocycles. The van der Waals surface area contributed by atoms with Gasteiger partial charge in [0.2, 0.25) is 0 Å². The van der Waals surface area contributed by atoms with Gasteiger partial charge in [-0.1, -0.05) is 85.4 Å². The molecule has 3 heteroatoms. The number of anilines is 4. The molecule has 1 heterocycles. The molecule has 3 aliphatic rings. The normalized spacial score (nSPS) is 23.3. The van der Waals surface area contributed by atoms with E-state index in [1.807, 2.05) is 0 Å². The van der Waals surface area contributed by atoms with Crippen LogP contribution in [-0.2, 0) is 0 Å². The second-order valence-electron chi connectivity index (χ2n) is 10.4. The van der Waals surface area contributed by atoms with Crippen LogP contribution in [0.25, 0.3) is 5.57 Å². The molecular weight excluding hydrogens is 416 g/mol. The van der Waals surface area contributed by atoms with E-state index in [9.17, 15) is 0 Å². The van der Waals surface area contributed by atoms with Gasteiger partial charge in [0.05, 0.1) is 22.7 Å². The van der Waals surface area contributed by atoms with E-state index in [2.05, 4.69) is 121 Å². The Morgan fingerprint density at radius 3 is 2.12 bits per heavy atom. The minimum absolute atomic E-state index is 0.613. The molecule has 6 rings (SSSR count). The third-order valence-electron chi connectivity index (χ3n) is 8.15. The quantitative estimate of drug-likeness (QED) is 0.404. The summed E-state index contributed by atoms with van der Waals surface area (Å²) in [5.74, 6) is 1.24. The summed E-state index contributed by atoms with van der Waals surface area (Å²) in [4.78, 5) is 0. The van der Waals surface area contributed by atoms with Gasteiger partial charge >= 0.3 is 0 Å². The highest BCUT2D eigenvalue weighted by molar-refractivity contribution is 6.84. The molecule has 0 aromatic heterocycles. The summed E-state index contributed by atoms with van der Waals surface area (Å²) < 4.78 is 2.75. The molecule has 1 saturated carbocycles. The number of benzene rings is 3. The van der Waals surface area contributed by atoms with Crippen LogP contribution >= 0.6 is 0 Å². The number of fused-ring (bicyclic) bond motifs is 3. The summed E-state index contributed by atoms with van der Waals surface area (Å²) in [6.45, 7) is 7.36. The zero-order valence-corrected chi connectivity index (χ0v) is 20.8. The van der Waals surface area contributed by atoms with Gasteiger partial charge in [0, 0.05) is 0 Å². The SMILES string of the molecule is Cc1ccc(C2=CC=C[C@@H]3C([Si](C)(C)N4c5ccccc5Nc5ccccc54)CC[C@H]23)cc1. The first-order valence-electron chi connectivity index (χ1n) is 12.2. The van der Waals surface area contributed by atoms with Crippen molar-refractivity contribution in [2.75, 3.05) is 9.88 Å². The van der Waals surface area contributed by atoms with Crippen LogP contribution in [0.3, 0.4) is 0 Å². The molecule has 1 fully saturated rings. The molecular formula is C30H32N2Si. The van der Waals surface area contributed by atoms with E-state index in [1.165, 1.54) is 52.3 Å². The van der Waals surface area contributed by atoms with Gasteiger partial charge in [-0.05, 0) is 72.5 Å². The molecule has 2 aliphatic carbocycles. The van der Waals surface area contributed by atoms with E-state index in [0.717, 1.165) is 0 Å². The number of hydrogen-bond acceptors (Lipinski definition) is 2. The largest absolute Gasteiger partial charge is 0.366 e. The highest BCUT2D eigenvalue weighted by atomic mass is 28.3. The fourth-order valence-electron chi connectivity index (χ4n) is 6.56. The van der Waals surface area contributed by atoms with E-state index >= 15 is 0 Å². The molecule has 2 nitrogen and oxygen atoms in total. The van der Waals surface area contributed by atoms with Crippen molar-refractivity contribution in [3.05, 3.63) is 102 Å². The van der Waals surface area contributed by atoms with Gasteiger partial charge in [0.1, 0.15) is 0 Å². The number of nitrogens with one attached hydrogen (secondary N) is 1. The predicted octanol–water partition coefficient (Wildman–Crippen LogP) is 8.45. The van der Waals surface area contributed by atoms with Crippen LogP contribution in [0.2, 0.25) is 18.6 Å². The topological polar surface area (TPSA) is 15.3 Å². The zero-order valence-electron chi connectivity index (χ0n) is 19.8. The Kier molecular flexibility index (Phi) is 4.84. The fourth-order valence-corrected chi connectivity index (χ4v) is 10.7. The first-order chi connectivity index (χ1) is 16.0. The number of nitrogens with zero attached hydrogens (tertiary/aromatic N) is 1. The van der Waals surface area contributed by atoms with Crippen LogP contribution in [-0.4, -0.2) is 8.24 Å². The summed E-state index contributed by atoms with van der Waals surface area (Å²) in [6, 6.07) is 26.8. The van der Waals surface area contributed by atoms with Crippen LogP contribution in [0.4, 0.5) is 22.7 Å². The number of aryl methyl sites for hydroxylation is 1. The van der Waals surface area contributed by atoms with Crippen molar-refractivity contribution in [1.29, 1.82) is 0 Å². The summed E-state index contributed by atoms with van der Waals surface area (Å²) in [7, 11) is -1.90. The summed E-state index contributed by atoms with van der Waals surface area (Å²) in [5.41, 5.74) is 10.1. The third-order valence-corrected chi connectivity index (χ3v) is 12.3. The Morgan fingerprint density at radius 2 is 1.45 bits per heavy atom. The molecule has 166 valence electrons. The van der Waals surface area contributed by atoms with Crippen molar-refractivity contribution < 1.29 is 0 Å². The Labute approximate surface area is 198 Å². The van der Waals surface area contributed by atoms with E-state index in [0.29, 0.717) is 17.4 Å². The predicted molar refractivity (Wildman–Crippen MR) is 144 cm³/mol. The van der Waals surface area contributed by atoms with Crippen molar-refractivity contribution >= 4 is 36.6 Å². The van der Waals surface area contributed by atoms with Crippen molar-refractivity contribution in [2.24, 2.45) is 11.8 Å². The first-order valence-corrected chi connectivity index (χ1v) is 15.3. The third kappa shape index (κ3) is 3.29. The summed E-state index contributed by atoms with van der Waals surface area (Å²) >= 11 is 0. The average molecular weight is 449 g/mol. The number of hydrogen-bond donors (Lipinski definition) is 1. The lowest BCUT2D eigenvalue weighted by Crippen LogP contribution is -2.52. The molecule has 0 saturated heterocycles. The van der Waals surface area contributed by atoms with Crippen LogP contribution in [0.1, 0.15) is 24.0 Å². The number of para-hydroxylation sites is 4. The molecule has 3 aromatic carbocycles. The van der Waals surface area contributed by atoms with Gasteiger partial charge in [-0.25, -0.2) is 0 Å². The van der Waals surface area contributed by atoms with Crippen LogP contribution in [0, 0.1) is 18.8 Å². The van der Waals surface area contributed by atoms with Crippen LogP contribution in [0.15, 0.2) is 91.0 Å². The maximum Gasteiger partial charge on any atom is 0.160 e. The number of rotatable bonds is 3. The van der Waals surface area contributed by atoms with E-state index < -0.39 is 8.24 Å². The van der Waals surface area contributed by atoms with Crippen molar-refractivity contribution in [3.63, 3.8) is 0 Å². The lowest BCUT2D eigenvalue weighted by Gasteiger charge is -2.48. The lowest BCUT2D eigenvalue weighted by atomic mass is 9.81.